The van der Waals surface area contributed by atoms with E-state index in [1.54, 1.807) is 40.2 Å². The first kappa shape index (κ1) is 16.5. The summed E-state index contributed by atoms with van der Waals surface area (Å²) in [5.74, 6) is 0.214. The highest BCUT2D eigenvalue weighted by atomic mass is 19.4. The molecule has 0 aliphatic carbocycles. The molecule has 0 N–H and O–H groups in total. The zero-order valence-electron chi connectivity index (χ0n) is 13.0. The van der Waals surface area contributed by atoms with Gasteiger partial charge in [-0.05, 0) is 42.5 Å². The number of amides is 1. The molecule has 24 heavy (non-hydrogen) atoms. The molecule has 0 atom stereocenters. The maximum absolute atomic E-state index is 12.6. The fourth-order valence-corrected chi connectivity index (χ4v) is 3.04. The molecule has 1 aromatic heterocycles. The van der Waals surface area contributed by atoms with Gasteiger partial charge in [0.05, 0.1) is 5.56 Å². The van der Waals surface area contributed by atoms with Crippen molar-refractivity contribution in [3.05, 3.63) is 53.9 Å². The van der Waals surface area contributed by atoms with Gasteiger partial charge >= 0.3 is 6.18 Å². The Balaban J connectivity index is 1.56. The van der Waals surface area contributed by atoms with Crippen LogP contribution in [-0.2, 0) is 17.5 Å². The lowest BCUT2D eigenvalue weighted by atomic mass is 9.89. The molecule has 0 unspecified atom stereocenters. The molecule has 1 aromatic carbocycles. The van der Waals surface area contributed by atoms with Crippen LogP contribution >= 0.6 is 0 Å². The Hall–Kier alpha value is -2.31. The number of halogens is 3. The fourth-order valence-electron chi connectivity index (χ4n) is 3.04. The summed E-state index contributed by atoms with van der Waals surface area (Å²) in [6, 6.07) is 7.13. The third-order valence-electron chi connectivity index (χ3n) is 4.41. The van der Waals surface area contributed by atoms with E-state index in [-0.39, 0.29) is 18.4 Å². The Labute approximate surface area is 137 Å². The van der Waals surface area contributed by atoms with Crippen LogP contribution in [0, 0.1) is 0 Å². The number of piperidine rings is 1. The van der Waals surface area contributed by atoms with Crippen molar-refractivity contribution in [3.63, 3.8) is 0 Å². The highest BCUT2D eigenvalue weighted by Gasteiger charge is 2.30. The van der Waals surface area contributed by atoms with Crippen LogP contribution in [0.5, 0.6) is 0 Å². The molecule has 0 bridgehead atoms. The van der Waals surface area contributed by atoms with Crippen LogP contribution in [0.15, 0.2) is 42.7 Å². The minimum atomic E-state index is -4.30. The number of hydrogen-bond donors (Lipinski definition) is 0. The molecular formula is C17H18F3N3O. The molecule has 0 saturated carbocycles. The van der Waals surface area contributed by atoms with Crippen LogP contribution in [0.25, 0.3) is 0 Å². The number of aromatic nitrogens is 2. The van der Waals surface area contributed by atoms with E-state index in [9.17, 15) is 18.0 Å². The Morgan fingerprint density at radius 2 is 1.83 bits per heavy atom. The smallest absolute Gasteiger partial charge is 0.341 e. The summed E-state index contributed by atoms with van der Waals surface area (Å²) in [6.45, 7) is 1.45. The average molecular weight is 337 g/mol. The molecule has 1 fully saturated rings. The number of alkyl halides is 3. The van der Waals surface area contributed by atoms with E-state index in [4.69, 9.17) is 0 Å². The SMILES string of the molecule is O=C(Cn1cccn1)N1CCC(c2ccc(C(F)(F)F)cc2)CC1. The molecule has 7 heteroatoms. The minimum absolute atomic E-state index is 0.0181. The first-order valence-electron chi connectivity index (χ1n) is 7.86. The maximum Gasteiger partial charge on any atom is 0.416 e. The van der Waals surface area contributed by atoms with E-state index in [0.29, 0.717) is 13.1 Å². The second-order valence-electron chi connectivity index (χ2n) is 5.98. The zero-order valence-corrected chi connectivity index (χ0v) is 13.0. The van der Waals surface area contributed by atoms with Gasteiger partial charge in [0, 0.05) is 25.5 Å². The highest BCUT2D eigenvalue weighted by molar-refractivity contribution is 5.76. The zero-order chi connectivity index (χ0) is 17.2. The molecule has 2 heterocycles. The van der Waals surface area contributed by atoms with Crippen LogP contribution in [0.1, 0.15) is 29.9 Å². The Morgan fingerprint density at radius 1 is 1.17 bits per heavy atom. The molecule has 2 aromatic rings. The van der Waals surface area contributed by atoms with Crippen molar-refractivity contribution >= 4 is 5.91 Å². The van der Waals surface area contributed by atoms with Crippen molar-refractivity contribution in [2.24, 2.45) is 0 Å². The summed E-state index contributed by atoms with van der Waals surface area (Å²) in [4.78, 5) is 14.0. The normalized spacial score (nSPS) is 16.4. The molecule has 1 aliphatic heterocycles. The van der Waals surface area contributed by atoms with E-state index < -0.39 is 11.7 Å². The Bertz CT molecular complexity index is 672. The number of carbonyl (C=O) groups is 1. The molecular weight excluding hydrogens is 319 g/mol. The molecule has 0 radical (unpaired) electrons. The Morgan fingerprint density at radius 3 is 2.38 bits per heavy atom. The van der Waals surface area contributed by atoms with Crippen molar-refractivity contribution < 1.29 is 18.0 Å². The summed E-state index contributed by atoms with van der Waals surface area (Å²) in [6.07, 6.45) is 0.588. The maximum atomic E-state index is 12.6. The predicted molar refractivity (Wildman–Crippen MR) is 82.2 cm³/mol. The van der Waals surface area contributed by atoms with Crippen molar-refractivity contribution in [2.75, 3.05) is 13.1 Å². The third-order valence-corrected chi connectivity index (χ3v) is 4.41. The van der Waals surface area contributed by atoms with Gasteiger partial charge in [0.15, 0.2) is 0 Å². The lowest BCUT2D eigenvalue weighted by Crippen LogP contribution is -2.39. The molecule has 128 valence electrons. The number of benzene rings is 1. The van der Waals surface area contributed by atoms with Crippen molar-refractivity contribution in [3.8, 4) is 0 Å². The molecule has 1 saturated heterocycles. The summed E-state index contributed by atoms with van der Waals surface area (Å²) < 4.78 is 39.4. The Kier molecular flexibility index (Phi) is 4.59. The van der Waals surface area contributed by atoms with Gasteiger partial charge in [0.2, 0.25) is 5.91 Å². The second kappa shape index (κ2) is 6.67. The average Bonchev–Trinajstić information content (AvgIpc) is 3.07. The summed E-state index contributed by atoms with van der Waals surface area (Å²) in [5.41, 5.74) is 0.278. The summed E-state index contributed by atoms with van der Waals surface area (Å²) in [7, 11) is 0. The van der Waals surface area contributed by atoms with E-state index >= 15 is 0 Å². The van der Waals surface area contributed by atoms with E-state index in [1.165, 1.54) is 0 Å². The first-order chi connectivity index (χ1) is 11.4. The van der Waals surface area contributed by atoms with Gasteiger partial charge in [0.25, 0.3) is 0 Å². The number of nitrogens with zero attached hydrogens (tertiary/aromatic N) is 3. The quantitative estimate of drug-likeness (QED) is 0.862. The van der Waals surface area contributed by atoms with Crippen molar-refractivity contribution in [1.82, 2.24) is 14.7 Å². The molecule has 1 amide bonds. The van der Waals surface area contributed by atoms with Gasteiger partial charge < -0.3 is 4.90 Å². The number of rotatable bonds is 3. The molecule has 4 nitrogen and oxygen atoms in total. The van der Waals surface area contributed by atoms with Gasteiger partial charge in [-0.3, -0.25) is 9.48 Å². The van der Waals surface area contributed by atoms with Crippen LogP contribution in [0.4, 0.5) is 13.2 Å². The number of carbonyl (C=O) groups excluding carboxylic acids is 1. The standard InChI is InChI=1S/C17H18F3N3O/c18-17(19,20)15-4-2-13(3-5-15)14-6-10-22(11-7-14)16(24)12-23-9-1-8-21-23/h1-5,8-9,14H,6-7,10-12H2. The monoisotopic (exact) mass is 337 g/mol. The molecule has 3 rings (SSSR count). The lowest BCUT2D eigenvalue weighted by Gasteiger charge is -2.32. The van der Waals surface area contributed by atoms with Gasteiger partial charge in [-0.2, -0.15) is 18.3 Å². The van der Waals surface area contributed by atoms with E-state index in [0.717, 1.165) is 30.5 Å². The van der Waals surface area contributed by atoms with Gasteiger partial charge in [-0.25, -0.2) is 0 Å². The van der Waals surface area contributed by atoms with Crippen LogP contribution < -0.4 is 0 Å². The number of likely N-dealkylation sites (tertiary alicyclic amines) is 1. The van der Waals surface area contributed by atoms with Crippen LogP contribution in [-0.4, -0.2) is 33.7 Å². The van der Waals surface area contributed by atoms with Crippen LogP contribution in [0.2, 0.25) is 0 Å². The number of hydrogen-bond acceptors (Lipinski definition) is 2. The molecule has 0 spiro atoms. The predicted octanol–water partition coefficient (Wildman–Crippen LogP) is 3.31. The van der Waals surface area contributed by atoms with Crippen molar-refractivity contribution in [1.29, 1.82) is 0 Å². The van der Waals surface area contributed by atoms with Crippen molar-refractivity contribution in [2.45, 2.75) is 31.5 Å². The summed E-state index contributed by atoms with van der Waals surface area (Å²) in [5, 5.41) is 4.02. The first-order valence-corrected chi connectivity index (χ1v) is 7.86. The van der Waals surface area contributed by atoms with E-state index in [2.05, 4.69) is 5.10 Å². The van der Waals surface area contributed by atoms with Gasteiger partial charge in [-0.1, -0.05) is 12.1 Å². The van der Waals surface area contributed by atoms with E-state index in [1.807, 2.05) is 0 Å². The largest absolute Gasteiger partial charge is 0.416 e. The third kappa shape index (κ3) is 3.77. The second-order valence-corrected chi connectivity index (χ2v) is 5.98. The molecule has 1 aliphatic rings. The van der Waals surface area contributed by atoms with Gasteiger partial charge in [-0.15, -0.1) is 0 Å². The minimum Gasteiger partial charge on any atom is -0.341 e. The lowest BCUT2D eigenvalue weighted by molar-refractivity contribution is -0.137. The summed E-state index contributed by atoms with van der Waals surface area (Å²) >= 11 is 0. The van der Waals surface area contributed by atoms with Gasteiger partial charge in [0.1, 0.15) is 6.54 Å². The highest BCUT2D eigenvalue weighted by Crippen LogP contribution is 2.32. The topological polar surface area (TPSA) is 38.1 Å². The fraction of sp³-hybridized carbons (Fsp3) is 0.412. The van der Waals surface area contributed by atoms with Crippen LogP contribution in [0.3, 0.4) is 0 Å².